The Balaban J connectivity index is 2.57. The lowest BCUT2D eigenvalue weighted by Crippen LogP contribution is -2.20. The van der Waals surface area contributed by atoms with E-state index in [-0.39, 0.29) is 0 Å². The minimum absolute atomic E-state index is 0.445. The van der Waals surface area contributed by atoms with E-state index in [1.165, 1.54) is 11.3 Å². The third kappa shape index (κ3) is 2.80. The standard InChI is InChI=1S/C8H10O4S/c9-5(4-7(10)11)8(12)6-2-1-3-13-6/h1-3,5,8-9,12H,4H2,(H,10,11). The lowest BCUT2D eigenvalue weighted by molar-refractivity contribution is -0.141. The average Bonchev–Trinajstić information content (AvgIpc) is 2.53. The van der Waals surface area contributed by atoms with E-state index in [1.54, 1.807) is 17.5 Å². The third-order valence-corrected chi connectivity index (χ3v) is 2.53. The van der Waals surface area contributed by atoms with Crippen LogP contribution in [0.5, 0.6) is 0 Å². The third-order valence-electron chi connectivity index (χ3n) is 1.58. The Morgan fingerprint density at radius 1 is 1.54 bits per heavy atom. The number of carbonyl (C=O) groups is 1. The molecule has 0 spiro atoms. The fourth-order valence-electron chi connectivity index (χ4n) is 0.940. The van der Waals surface area contributed by atoms with Gasteiger partial charge in [-0.3, -0.25) is 4.79 Å². The summed E-state index contributed by atoms with van der Waals surface area (Å²) in [7, 11) is 0. The van der Waals surface area contributed by atoms with Crippen LogP contribution >= 0.6 is 11.3 Å². The highest BCUT2D eigenvalue weighted by molar-refractivity contribution is 7.10. The molecule has 2 atom stereocenters. The molecule has 1 rings (SSSR count). The highest BCUT2D eigenvalue weighted by Crippen LogP contribution is 2.23. The topological polar surface area (TPSA) is 77.8 Å². The van der Waals surface area contributed by atoms with Gasteiger partial charge < -0.3 is 15.3 Å². The summed E-state index contributed by atoms with van der Waals surface area (Å²) < 4.78 is 0. The van der Waals surface area contributed by atoms with E-state index >= 15 is 0 Å². The molecule has 0 radical (unpaired) electrons. The Labute approximate surface area is 79.1 Å². The molecule has 1 heterocycles. The van der Waals surface area contributed by atoms with Gasteiger partial charge in [0, 0.05) is 4.88 Å². The van der Waals surface area contributed by atoms with Crippen LogP contribution in [0.25, 0.3) is 0 Å². The number of rotatable bonds is 4. The van der Waals surface area contributed by atoms with Crippen LogP contribution in [0.15, 0.2) is 17.5 Å². The van der Waals surface area contributed by atoms with E-state index in [1.807, 2.05) is 0 Å². The second-order valence-electron chi connectivity index (χ2n) is 2.63. The molecule has 0 aliphatic carbocycles. The monoisotopic (exact) mass is 202 g/mol. The fraction of sp³-hybridized carbons (Fsp3) is 0.375. The molecule has 0 saturated carbocycles. The van der Waals surface area contributed by atoms with E-state index in [4.69, 9.17) is 5.11 Å². The molecule has 0 aromatic carbocycles. The Bertz CT molecular complexity index is 270. The first-order valence-electron chi connectivity index (χ1n) is 3.72. The second-order valence-corrected chi connectivity index (χ2v) is 3.60. The van der Waals surface area contributed by atoms with Crippen molar-refractivity contribution in [3.05, 3.63) is 22.4 Å². The van der Waals surface area contributed by atoms with E-state index in [2.05, 4.69) is 0 Å². The number of aliphatic hydroxyl groups excluding tert-OH is 2. The summed E-state index contributed by atoms with van der Waals surface area (Å²) in [5.41, 5.74) is 0. The van der Waals surface area contributed by atoms with E-state index in [0.717, 1.165) is 0 Å². The van der Waals surface area contributed by atoms with Crippen molar-refractivity contribution in [1.82, 2.24) is 0 Å². The van der Waals surface area contributed by atoms with Crippen molar-refractivity contribution in [3.8, 4) is 0 Å². The van der Waals surface area contributed by atoms with Crippen molar-refractivity contribution >= 4 is 17.3 Å². The van der Waals surface area contributed by atoms with Gasteiger partial charge in [0.05, 0.1) is 12.5 Å². The summed E-state index contributed by atoms with van der Waals surface area (Å²) in [6.07, 6.45) is -2.79. The maximum absolute atomic E-state index is 10.2. The maximum atomic E-state index is 10.2. The van der Waals surface area contributed by atoms with Gasteiger partial charge in [-0.25, -0.2) is 0 Å². The molecule has 0 bridgehead atoms. The normalized spacial score (nSPS) is 15.2. The van der Waals surface area contributed by atoms with E-state index < -0.39 is 24.6 Å². The molecule has 2 unspecified atom stereocenters. The summed E-state index contributed by atoms with van der Waals surface area (Å²) >= 11 is 1.28. The van der Waals surface area contributed by atoms with Crippen molar-refractivity contribution in [1.29, 1.82) is 0 Å². The average molecular weight is 202 g/mol. The zero-order chi connectivity index (χ0) is 9.84. The molecule has 0 saturated heterocycles. The lowest BCUT2D eigenvalue weighted by Gasteiger charge is -2.13. The first kappa shape index (κ1) is 10.2. The quantitative estimate of drug-likeness (QED) is 0.668. The molecule has 13 heavy (non-hydrogen) atoms. The molecule has 1 aromatic heterocycles. The summed E-state index contributed by atoms with van der Waals surface area (Å²) in [6, 6.07) is 3.39. The fourth-order valence-corrected chi connectivity index (χ4v) is 1.71. The van der Waals surface area contributed by atoms with Gasteiger partial charge in [-0.1, -0.05) is 6.07 Å². The molecule has 72 valence electrons. The highest BCUT2D eigenvalue weighted by Gasteiger charge is 2.21. The number of thiophene rings is 1. The van der Waals surface area contributed by atoms with Crippen molar-refractivity contribution < 1.29 is 20.1 Å². The molecule has 0 aliphatic heterocycles. The van der Waals surface area contributed by atoms with Crippen LogP contribution in [0.2, 0.25) is 0 Å². The molecule has 0 amide bonds. The van der Waals surface area contributed by atoms with Gasteiger partial charge in [0.25, 0.3) is 0 Å². The lowest BCUT2D eigenvalue weighted by atomic mass is 10.1. The van der Waals surface area contributed by atoms with Crippen LogP contribution in [0.1, 0.15) is 17.4 Å². The van der Waals surface area contributed by atoms with Crippen LogP contribution in [0.3, 0.4) is 0 Å². The smallest absolute Gasteiger partial charge is 0.306 e. The van der Waals surface area contributed by atoms with Crippen molar-refractivity contribution in [3.63, 3.8) is 0 Å². The number of aliphatic hydroxyl groups is 2. The molecular formula is C8H10O4S. The Kier molecular flexibility index (Phi) is 3.41. The van der Waals surface area contributed by atoms with E-state index in [0.29, 0.717) is 4.88 Å². The molecular weight excluding hydrogens is 192 g/mol. The summed E-state index contributed by atoms with van der Waals surface area (Å²) in [5.74, 6) is -1.12. The number of aliphatic carboxylic acids is 1. The van der Waals surface area contributed by atoms with Crippen LogP contribution < -0.4 is 0 Å². The van der Waals surface area contributed by atoms with Gasteiger partial charge in [-0.15, -0.1) is 11.3 Å². The predicted molar refractivity (Wildman–Crippen MR) is 47.5 cm³/mol. The van der Waals surface area contributed by atoms with Crippen LogP contribution in [-0.4, -0.2) is 27.4 Å². The van der Waals surface area contributed by atoms with Gasteiger partial charge in [0.1, 0.15) is 6.10 Å². The Morgan fingerprint density at radius 3 is 2.69 bits per heavy atom. The highest BCUT2D eigenvalue weighted by atomic mass is 32.1. The summed E-state index contributed by atoms with van der Waals surface area (Å²) in [4.78, 5) is 10.8. The van der Waals surface area contributed by atoms with Crippen LogP contribution in [0.4, 0.5) is 0 Å². The van der Waals surface area contributed by atoms with Crippen LogP contribution in [-0.2, 0) is 4.79 Å². The number of hydrogen-bond acceptors (Lipinski definition) is 4. The van der Waals surface area contributed by atoms with Gasteiger partial charge in [0.15, 0.2) is 0 Å². The largest absolute Gasteiger partial charge is 0.481 e. The molecule has 1 aromatic rings. The van der Waals surface area contributed by atoms with Gasteiger partial charge in [0.2, 0.25) is 0 Å². The second kappa shape index (κ2) is 4.36. The molecule has 0 fully saturated rings. The van der Waals surface area contributed by atoms with Gasteiger partial charge >= 0.3 is 5.97 Å². The number of carboxylic acid groups (broad SMARTS) is 1. The molecule has 4 nitrogen and oxygen atoms in total. The van der Waals surface area contributed by atoms with Crippen LogP contribution in [0, 0.1) is 0 Å². The van der Waals surface area contributed by atoms with E-state index in [9.17, 15) is 15.0 Å². The van der Waals surface area contributed by atoms with Gasteiger partial charge in [-0.05, 0) is 11.4 Å². The number of hydrogen-bond donors (Lipinski definition) is 3. The maximum Gasteiger partial charge on any atom is 0.306 e. The zero-order valence-electron chi connectivity index (χ0n) is 6.75. The molecule has 3 N–H and O–H groups in total. The number of carboxylic acids is 1. The molecule has 5 heteroatoms. The van der Waals surface area contributed by atoms with Gasteiger partial charge in [-0.2, -0.15) is 0 Å². The Morgan fingerprint density at radius 2 is 2.23 bits per heavy atom. The van der Waals surface area contributed by atoms with Crippen molar-refractivity contribution in [2.24, 2.45) is 0 Å². The zero-order valence-corrected chi connectivity index (χ0v) is 7.57. The minimum atomic E-state index is -1.24. The minimum Gasteiger partial charge on any atom is -0.481 e. The summed E-state index contributed by atoms with van der Waals surface area (Å²) in [5, 5.41) is 28.8. The first-order chi connectivity index (χ1) is 6.11. The SMILES string of the molecule is O=C(O)CC(O)C(O)c1cccs1. The molecule has 0 aliphatic rings. The first-order valence-corrected chi connectivity index (χ1v) is 4.60. The predicted octanol–water partition coefficient (Wildman–Crippen LogP) is 0.617. The van der Waals surface area contributed by atoms with Crippen molar-refractivity contribution in [2.75, 3.05) is 0 Å². The Hall–Kier alpha value is -0.910. The van der Waals surface area contributed by atoms with Crippen molar-refractivity contribution in [2.45, 2.75) is 18.6 Å². The summed E-state index contributed by atoms with van der Waals surface area (Å²) in [6.45, 7) is 0.